The van der Waals surface area contributed by atoms with Gasteiger partial charge in [-0.1, -0.05) is 24.3 Å². The first kappa shape index (κ1) is 18.7. The Kier molecular flexibility index (Phi) is 6.36. The van der Waals surface area contributed by atoms with Crippen LogP contribution in [0, 0.1) is 5.82 Å². The molecule has 0 aliphatic carbocycles. The molecule has 0 spiro atoms. The smallest absolute Gasteiger partial charge is 0.317 e. The van der Waals surface area contributed by atoms with Crippen molar-refractivity contribution >= 4 is 6.03 Å². The minimum Gasteiger partial charge on any atom is -0.497 e. The number of benzene rings is 2. The Morgan fingerprint density at radius 2 is 1.68 bits per heavy atom. The molecule has 2 aromatic carbocycles. The fourth-order valence-electron chi connectivity index (χ4n) is 2.52. The summed E-state index contributed by atoms with van der Waals surface area (Å²) in [5, 5.41) is 12.4. The van der Waals surface area contributed by atoms with Gasteiger partial charge in [-0.15, -0.1) is 0 Å². The number of hydrogen-bond donors (Lipinski definition) is 2. The van der Waals surface area contributed by atoms with Gasteiger partial charge in [0.25, 0.3) is 0 Å². The van der Waals surface area contributed by atoms with Gasteiger partial charge in [-0.05, 0) is 42.3 Å². The molecule has 0 radical (unpaired) electrons. The molecular weight excluding hydrogens is 323 g/mol. The molecule has 2 amide bonds. The van der Waals surface area contributed by atoms with E-state index in [-0.39, 0.29) is 18.4 Å². The molecule has 0 saturated heterocycles. The van der Waals surface area contributed by atoms with E-state index < -0.39 is 12.1 Å². The van der Waals surface area contributed by atoms with E-state index in [0.717, 1.165) is 11.1 Å². The lowest BCUT2D eigenvalue weighted by atomic mass is 9.98. The van der Waals surface area contributed by atoms with Gasteiger partial charge in [0.2, 0.25) is 0 Å². The van der Waals surface area contributed by atoms with E-state index in [1.54, 1.807) is 45.3 Å². The average molecular weight is 346 g/mol. The number of halogens is 1. The molecule has 0 fully saturated rings. The predicted octanol–water partition coefficient (Wildman–Crippen LogP) is 2.95. The standard InChI is InChI=1S/C19H23FN2O3/c1-13(23)12-22(2)19(24)21-18(14-4-8-16(20)9-5-14)15-6-10-17(25-3)11-7-15/h4-11,13,18,23H,12H2,1-3H3,(H,21,24). The molecule has 2 aromatic rings. The molecule has 0 bridgehead atoms. The number of nitrogens with one attached hydrogen (secondary N) is 1. The average Bonchev–Trinajstić information content (AvgIpc) is 2.60. The minimum atomic E-state index is -0.624. The van der Waals surface area contributed by atoms with Gasteiger partial charge in [0.05, 0.1) is 19.3 Å². The third-order valence-corrected chi connectivity index (χ3v) is 3.81. The van der Waals surface area contributed by atoms with Crippen molar-refractivity contribution in [2.75, 3.05) is 20.7 Å². The van der Waals surface area contributed by atoms with Crippen molar-refractivity contribution in [3.63, 3.8) is 0 Å². The van der Waals surface area contributed by atoms with Gasteiger partial charge < -0.3 is 20.1 Å². The van der Waals surface area contributed by atoms with Crippen LogP contribution in [0.4, 0.5) is 9.18 Å². The molecule has 134 valence electrons. The fourth-order valence-corrected chi connectivity index (χ4v) is 2.52. The highest BCUT2D eigenvalue weighted by atomic mass is 19.1. The number of likely N-dealkylation sites (N-methyl/N-ethyl adjacent to an activating group) is 1. The summed E-state index contributed by atoms with van der Waals surface area (Å²) in [4.78, 5) is 13.8. The van der Waals surface area contributed by atoms with Crippen molar-refractivity contribution in [1.29, 1.82) is 0 Å². The van der Waals surface area contributed by atoms with Gasteiger partial charge in [0.15, 0.2) is 0 Å². The highest BCUT2D eigenvalue weighted by Gasteiger charge is 2.20. The summed E-state index contributed by atoms with van der Waals surface area (Å²) in [6.07, 6.45) is -0.624. The van der Waals surface area contributed by atoms with Gasteiger partial charge >= 0.3 is 6.03 Å². The third-order valence-electron chi connectivity index (χ3n) is 3.81. The lowest BCUT2D eigenvalue weighted by Gasteiger charge is -2.25. The number of amides is 2. The monoisotopic (exact) mass is 346 g/mol. The Bertz CT molecular complexity index is 687. The molecule has 0 heterocycles. The Labute approximate surface area is 147 Å². The van der Waals surface area contributed by atoms with Crippen LogP contribution in [0.15, 0.2) is 48.5 Å². The molecule has 6 heteroatoms. The third kappa shape index (κ3) is 5.19. The first-order valence-electron chi connectivity index (χ1n) is 8.00. The fraction of sp³-hybridized carbons (Fsp3) is 0.316. The number of carbonyl (C=O) groups excluding carboxylic acids is 1. The zero-order valence-electron chi connectivity index (χ0n) is 14.6. The topological polar surface area (TPSA) is 61.8 Å². The highest BCUT2D eigenvalue weighted by Crippen LogP contribution is 2.24. The van der Waals surface area contributed by atoms with Crippen molar-refractivity contribution in [1.82, 2.24) is 10.2 Å². The summed E-state index contributed by atoms with van der Waals surface area (Å²) >= 11 is 0. The van der Waals surface area contributed by atoms with Gasteiger partial charge in [0, 0.05) is 13.6 Å². The van der Waals surface area contributed by atoms with Crippen LogP contribution >= 0.6 is 0 Å². The quantitative estimate of drug-likeness (QED) is 0.845. The maximum absolute atomic E-state index is 13.2. The number of nitrogens with zero attached hydrogens (tertiary/aromatic N) is 1. The van der Waals surface area contributed by atoms with E-state index in [4.69, 9.17) is 4.74 Å². The molecule has 25 heavy (non-hydrogen) atoms. The van der Waals surface area contributed by atoms with Crippen molar-refractivity contribution < 1.29 is 19.0 Å². The van der Waals surface area contributed by atoms with Crippen LogP contribution in [-0.2, 0) is 0 Å². The largest absolute Gasteiger partial charge is 0.497 e. The maximum atomic E-state index is 13.2. The molecular formula is C19H23FN2O3. The lowest BCUT2D eigenvalue weighted by molar-refractivity contribution is 0.143. The Morgan fingerprint density at radius 1 is 1.16 bits per heavy atom. The Balaban J connectivity index is 2.28. The number of rotatable bonds is 6. The van der Waals surface area contributed by atoms with Crippen LogP contribution in [0.5, 0.6) is 5.75 Å². The molecule has 2 atom stereocenters. The number of urea groups is 1. The molecule has 2 unspecified atom stereocenters. The summed E-state index contributed by atoms with van der Waals surface area (Å²) in [6.45, 7) is 1.83. The van der Waals surface area contributed by atoms with Crippen LogP contribution in [0.3, 0.4) is 0 Å². The van der Waals surface area contributed by atoms with E-state index in [1.165, 1.54) is 17.0 Å². The zero-order valence-corrected chi connectivity index (χ0v) is 14.6. The van der Waals surface area contributed by atoms with E-state index in [2.05, 4.69) is 5.32 Å². The van der Waals surface area contributed by atoms with Gasteiger partial charge in [0.1, 0.15) is 11.6 Å². The van der Waals surface area contributed by atoms with Crippen LogP contribution < -0.4 is 10.1 Å². The molecule has 5 nitrogen and oxygen atoms in total. The molecule has 2 N–H and O–H groups in total. The Morgan fingerprint density at radius 3 is 2.16 bits per heavy atom. The molecule has 0 aliphatic heterocycles. The molecule has 2 rings (SSSR count). The Hall–Kier alpha value is -2.60. The van der Waals surface area contributed by atoms with Crippen molar-refractivity contribution in [3.05, 3.63) is 65.5 Å². The van der Waals surface area contributed by atoms with Crippen LogP contribution in [-0.4, -0.2) is 42.8 Å². The summed E-state index contributed by atoms with van der Waals surface area (Å²) in [5.74, 6) is 0.369. The van der Waals surface area contributed by atoms with E-state index in [9.17, 15) is 14.3 Å². The number of aliphatic hydroxyl groups excluding tert-OH is 1. The van der Waals surface area contributed by atoms with Gasteiger partial charge in [-0.2, -0.15) is 0 Å². The SMILES string of the molecule is COc1ccc(C(NC(=O)N(C)CC(C)O)c2ccc(F)cc2)cc1. The number of carbonyl (C=O) groups is 1. The van der Waals surface area contributed by atoms with E-state index >= 15 is 0 Å². The second-order valence-corrected chi connectivity index (χ2v) is 5.94. The second kappa shape index (κ2) is 8.48. The number of hydrogen-bond acceptors (Lipinski definition) is 3. The summed E-state index contributed by atoms with van der Waals surface area (Å²) in [7, 11) is 3.19. The lowest BCUT2D eigenvalue weighted by Crippen LogP contribution is -2.42. The zero-order chi connectivity index (χ0) is 18.4. The summed E-state index contributed by atoms with van der Waals surface area (Å²) in [6, 6.07) is 12.5. The molecule has 0 aromatic heterocycles. The first-order valence-corrected chi connectivity index (χ1v) is 8.00. The highest BCUT2D eigenvalue weighted by molar-refractivity contribution is 5.75. The van der Waals surface area contributed by atoms with Crippen LogP contribution in [0.2, 0.25) is 0 Å². The van der Waals surface area contributed by atoms with Crippen molar-refractivity contribution in [3.8, 4) is 5.75 Å². The van der Waals surface area contributed by atoms with Crippen LogP contribution in [0.1, 0.15) is 24.1 Å². The number of ether oxygens (including phenoxy) is 1. The summed E-state index contributed by atoms with van der Waals surface area (Å²) < 4.78 is 18.4. The summed E-state index contributed by atoms with van der Waals surface area (Å²) in [5.41, 5.74) is 1.59. The number of methoxy groups -OCH3 is 1. The first-order chi connectivity index (χ1) is 11.9. The predicted molar refractivity (Wildman–Crippen MR) is 94.1 cm³/mol. The van der Waals surface area contributed by atoms with Crippen LogP contribution in [0.25, 0.3) is 0 Å². The molecule has 0 aliphatic rings. The molecule has 0 saturated carbocycles. The normalized spacial score (nSPS) is 13.0. The van der Waals surface area contributed by atoms with Gasteiger partial charge in [-0.3, -0.25) is 0 Å². The van der Waals surface area contributed by atoms with Gasteiger partial charge in [-0.25, -0.2) is 9.18 Å². The second-order valence-electron chi connectivity index (χ2n) is 5.94. The van der Waals surface area contributed by atoms with E-state index in [1.807, 2.05) is 12.1 Å². The van der Waals surface area contributed by atoms with E-state index in [0.29, 0.717) is 5.75 Å². The minimum absolute atomic E-state index is 0.213. The van der Waals surface area contributed by atoms with Crippen molar-refractivity contribution in [2.24, 2.45) is 0 Å². The maximum Gasteiger partial charge on any atom is 0.317 e. The number of aliphatic hydroxyl groups is 1. The van der Waals surface area contributed by atoms with Crippen molar-refractivity contribution in [2.45, 2.75) is 19.1 Å².